The molecule has 0 bridgehead atoms. The molecule has 0 radical (unpaired) electrons. The summed E-state index contributed by atoms with van der Waals surface area (Å²) < 4.78 is 23.3. The van der Waals surface area contributed by atoms with Crippen molar-refractivity contribution in [2.75, 3.05) is 12.8 Å². The number of nitrogens with zero attached hydrogens (tertiary/aromatic N) is 8. The highest BCUT2D eigenvalue weighted by molar-refractivity contribution is 6.01. The number of ether oxygens (including phenoxy) is 1. The second kappa shape index (κ2) is 7.87. The van der Waals surface area contributed by atoms with Crippen LogP contribution in [0.25, 0.3) is 27.8 Å². The number of benzene rings is 1. The van der Waals surface area contributed by atoms with Gasteiger partial charge in [0, 0.05) is 18.0 Å². The average molecular weight is 457 g/mol. The second-order valence-electron chi connectivity index (χ2n) is 8.17. The topological polar surface area (TPSA) is 122 Å². The lowest BCUT2D eigenvalue weighted by molar-refractivity contribution is 0.398. The first-order chi connectivity index (χ1) is 16.7. The van der Waals surface area contributed by atoms with Gasteiger partial charge in [-0.15, -0.1) is 5.10 Å². The van der Waals surface area contributed by atoms with Crippen LogP contribution in [0.3, 0.4) is 0 Å². The first-order valence-corrected chi connectivity index (χ1v) is 10.8. The molecular formula is C23H20FN9O. The van der Waals surface area contributed by atoms with Crippen molar-refractivity contribution in [1.82, 2.24) is 39.5 Å². The molecule has 0 saturated heterocycles. The molecule has 10 nitrogen and oxygen atoms in total. The van der Waals surface area contributed by atoms with E-state index >= 15 is 0 Å². The Bertz CT molecular complexity index is 1510. The van der Waals surface area contributed by atoms with E-state index in [1.807, 2.05) is 10.8 Å². The van der Waals surface area contributed by atoms with E-state index in [-0.39, 0.29) is 11.9 Å². The van der Waals surface area contributed by atoms with E-state index in [0.29, 0.717) is 45.6 Å². The Labute approximate surface area is 193 Å². The van der Waals surface area contributed by atoms with Crippen LogP contribution in [-0.2, 0) is 0 Å². The van der Waals surface area contributed by atoms with Crippen molar-refractivity contribution >= 4 is 16.9 Å². The van der Waals surface area contributed by atoms with Crippen molar-refractivity contribution in [2.24, 2.45) is 5.92 Å². The summed E-state index contributed by atoms with van der Waals surface area (Å²) in [5.41, 5.74) is 9.46. The predicted octanol–water partition coefficient (Wildman–Crippen LogP) is 3.20. The highest BCUT2D eigenvalue weighted by Gasteiger charge is 2.37. The summed E-state index contributed by atoms with van der Waals surface area (Å²) in [6, 6.07) is 6.30. The zero-order valence-electron chi connectivity index (χ0n) is 18.2. The fourth-order valence-corrected chi connectivity index (χ4v) is 4.38. The summed E-state index contributed by atoms with van der Waals surface area (Å²) in [6.45, 7) is 0. The number of nitrogens with two attached hydrogens (primary N) is 1. The molecule has 4 aromatic heterocycles. The van der Waals surface area contributed by atoms with Crippen molar-refractivity contribution in [1.29, 1.82) is 0 Å². The van der Waals surface area contributed by atoms with Crippen LogP contribution >= 0.6 is 0 Å². The fraction of sp³-hybridized carbons (Fsp3) is 0.217. The quantitative estimate of drug-likeness (QED) is 0.412. The number of halogens is 1. The van der Waals surface area contributed by atoms with Crippen LogP contribution in [0.15, 0.2) is 55.5 Å². The molecule has 0 spiro atoms. The van der Waals surface area contributed by atoms with Gasteiger partial charge in [-0.3, -0.25) is 0 Å². The van der Waals surface area contributed by atoms with E-state index < -0.39 is 0 Å². The minimum atomic E-state index is -0.368. The molecule has 1 saturated carbocycles. The molecule has 1 aliphatic carbocycles. The molecule has 5 aromatic rings. The first-order valence-electron chi connectivity index (χ1n) is 10.8. The molecule has 11 heteroatoms. The number of rotatable bonds is 6. The molecule has 1 atom stereocenters. The number of fused-ring (bicyclic) bond motifs is 1. The molecular weight excluding hydrogens is 437 g/mol. The molecule has 170 valence electrons. The lowest BCUT2D eigenvalue weighted by Crippen LogP contribution is -2.13. The Morgan fingerprint density at radius 1 is 1.09 bits per heavy atom. The maximum absolute atomic E-state index is 14.3. The van der Waals surface area contributed by atoms with Crippen LogP contribution in [-0.4, -0.2) is 46.6 Å². The molecule has 0 amide bonds. The maximum atomic E-state index is 14.3. The van der Waals surface area contributed by atoms with Gasteiger partial charge < -0.3 is 15.0 Å². The first kappa shape index (κ1) is 20.2. The number of para-hydroxylation sites is 1. The number of aromatic nitrogens is 8. The summed E-state index contributed by atoms with van der Waals surface area (Å²) in [5, 5.41) is 9.31. The summed E-state index contributed by atoms with van der Waals surface area (Å²) in [6.07, 6.45) is 10.3. The molecule has 2 N–H and O–H groups in total. The normalized spacial score (nSPS) is 14.4. The SMILES string of the molecule is COc1ncncc1-c1cn(C(c2cn(-c3ccccc3F)nn2)C2CC2)c2ncnc(N)c12. The van der Waals surface area contributed by atoms with Crippen molar-refractivity contribution in [2.45, 2.75) is 18.9 Å². The van der Waals surface area contributed by atoms with Gasteiger partial charge in [-0.2, -0.15) is 0 Å². The van der Waals surface area contributed by atoms with Crippen molar-refractivity contribution in [3.8, 4) is 22.7 Å². The monoisotopic (exact) mass is 457 g/mol. The molecule has 1 aliphatic rings. The summed E-state index contributed by atoms with van der Waals surface area (Å²) in [7, 11) is 1.55. The standard InChI is InChI=1S/C23H20FN9O/c1-34-23-14(8-26-11-29-23)15-9-32(22-19(15)21(25)27-12-28-22)20(13-6-7-13)17-10-33(31-30-17)18-5-3-2-4-16(18)24/h2-5,8-13,20H,6-7H2,1H3,(H2,25,27,28). The molecule has 1 fully saturated rings. The van der Waals surface area contributed by atoms with Gasteiger partial charge in [0.2, 0.25) is 5.88 Å². The van der Waals surface area contributed by atoms with Crippen LogP contribution in [0.2, 0.25) is 0 Å². The van der Waals surface area contributed by atoms with E-state index in [9.17, 15) is 4.39 Å². The van der Waals surface area contributed by atoms with Gasteiger partial charge in [0.1, 0.15) is 41.3 Å². The van der Waals surface area contributed by atoms with Gasteiger partial charge >= 0.3 is 0 Å². The highest BCUT2D eigenvalue weighted by Crippen LogP contribution is 2.46. The third-order valence-corrected chi connectivity index (χ3v) is 6.08. The third-order valence-electron chi connectivity index (χ3n) is 6.08. The van der Waals surface area contributed by atoms with Crippen LogP contribution < -0.4 is 10.5 Å². The van der Waals surface area contributed by atoms with E-state index in [4.69, 9.17) is 10.5 Å². The third kappa shape index (κ3) is 3.24. The van der Waals surface area contributed by atoms with Gasteiger partial charge in [0.25, 0.3) is 0 Å². The van der Waals surface area contributed by atoms with Gasteiger partial charge in [-0.05, 0) is 30.9 Å². The summed E-state index contributed by atoms with van der Waals surface area (Å²) >= 11 is 0. The molecule has 1 unspecified atom stereocenters. The van der Waals surface area contributed by atoms with Crippen molar-refractivity contribution < 1.29 is 9.13 Å². The zero-order chi connectivity index (χ0) is 23.2. The maximum Gasteiger partial charge on any atom is 0.224 e. The Kier molecular flexibility index (Phi) is 4.68. The Morgan fingerprint density at radius 3 is 2.74 bits per heavy atom. The largest absolute Gasteiger partial charge is 0.480 e. The van der Waals surface area contributed by atoms with Crippen LogP contribution in [0.5, 0.6) is 5.88 Å². The number of nitrogen functional groups attached to an aromatic ring is 1. The van der Waals surface area contributed by atoms with Gasteiger partial charge in [-0.1, -0.05) is 17.3 Å². The minimum Gasteiger partial charge on any atom is -0.480 e. The molecule has 4 heterocycles. The highest BCUT2D eigenvalue weighted by atomic mass is 19.1. The van der Waals surface area contributed by atoms with Gasteiger partial charge in [-0.25, -0.2) is 29.0 Å². The molecule has 6 rings (SSSR count). The smallest absolute Gasteiger partial charge is 0.224 e. The van der Waals surface area contributed by atoms with Gasteiger partial charge in [0.05, 0.1) is 30.3 Å². The fourth-order valence-electron chi connectivity index (χ4n) is 4.38. The van der Waals surface area contributed by atoms with Crippen molar-refractivity contribution in [3.05, 3.63) is 67.0 Å². The molecule has 1 aromatic carbocycles. The average Bonchev–Trinajstić information content (AvgIpc) is 3.44. The molecule has 34 heavy (non-hydrogen) atoms. The number of hydrogen-bond acceptors (Lipinski definition) is 8. The van der Waals surface area contributed by atoms with Crippen LogP contribution in [0.4, 0.5) is 10.2 Å². The van der Waals surface area contributed by atoms with E-state index in [0.717, 1.165) is 18.4 Å². The Hall–Kier alpha value is -4.41. The molecule has 0 aliphatic heterocycles. The second-order valence-corrected chi connectivity index (χ2v) is 8.17. The summed E-state index contributed by atoms with van der Waals surface area (Å²) in [4.78, 5) is 17.2. The lowest BCUT2D eigenvalue weighted by Gasteiger charge is -2.16. The Morgan fingerprint density at radius 2 is 1.94 bits per heavy atom. The van der Waals surface area contributed by atoms with Crippen LogP contribution in [0, 0.1) is 11.7 Å². The predicted molar refractivity (Wildman–Crippen MR) is 122 cm³/mol. The van der Waals surface area contributed by atoms with Crippen molar-refractivity contribution in [3.63, 3.8) is 0 Å². The lowest BCUT2D eigenvalue weighted by atomic mass is 10.1. The number of hydrogen-bond donors (Lipinski definition) is 1. The van der Waals surface area contributed by atoms with Gasteiger partial charge in [0.15, 0.2) is 0 Å². The number of anilines is 1. The van der Waals surface area contributed by atoms with E-state index in [1.165, 1.54) is 23.4 Å². The summed E-state index contributed by atoms with van der Waals surface area (Å²) in [5.74, 6) is 0.728. The minimum absolute atomic E-state index is 0.165. The number of methoxy groups -OCH3 is 1. The Balaban J connectivity index is 1.53. The zero-order valence-corrected chi connectivity index (χ0v) is 18.2. The van der Waals surface area contributed by atoms with E-state index in [1.54, 1.807) is 37.7 Å². The van der Waals surface area contributed by atoms with E-state index in [2.05, 4.69) is 30.2 Å². The van der Waals surface area contributed by atoms with Crippen LogP contribution in [0.1, 0.15) is 24.6 Å².